The van der Waals surface area contributed by atoms with Gasteiger partial charge < -0.3 is 10.0 Å². The molecule has 2 aromatic carbocycles. The van der Waals surface area contributed by atoms with Crippen molar-refractivity contribution in [3.63, 3.8) is 0 Å². The molecular formula is C22H25ClFN3O2. The van der Waals surface area contributed by atoms with Crippen LogP contribution < -0.4 is 10.9 Å². The molecule has 0 bridgehead atoms. The zero-order valence-corrected chi connectivity index (χ0v) is 17.0. The molecule has 4 rings (SSSR count). The average Bonchev–Trinajstić information content (AvgIpc) is 3.24. The van der Waals surface area contributed by atoms with Crippen molar-refractivity contribution >= 4 is 17.5 Å². The Labute approximate surface area is 174 Å². The van der Waals surface area contributed by atoms with Crippen molar-refractivity contribution in [1.29, 1.82) is 0 Å². The lowest BCUT2D eigenvalue weighted by Gasteiger charge is -2.42. The zero-order chi connectivity index (χ0) is 20.5. The molecule has 2 aliphatic heterocycles. The molecule has 2 aliphatic rings. The van der Waals surface area contributed by atoms with E-state index in [2.05, 4.69) is 23.0 Å². The molecule has 7 heteroatoms. The molecule has 0 unspecified atom stereocenters. The molecule has 0 radical (unpaired) electrons. The number of rotatable bonds is 4. The van der Waals surface area contributed by atoms with Crippen LogP contribution >= 0.6 is 11.6 Å². The van der Waals surface area contributed by atoms with Crippen LogP contribution in [-0.4, -0.2) is 41.7 Å². The quantitative estimate of drug-likeness (QED) is 0.715. The summed E-state index contributed by atoms with van der Waals surface area (Å²) in [6, 6.07) is 9.87. The number of carbonyl (C=O) groups is 1. The number of hydrogen-bond donors (Lipinski definition) is 3. The van der Waals surface area contributed by atoms with Gasteiger partial charge >= 0.3 is 0 Å². The fraction of sp³-hybridized carbons (Fsp3) is 0.409. The van der Waals surface area contributed by atoms with E-state index in [4.69, 9.17) is 11.6 Å². The number of carbonyl (C=O) groups excluding carboxylic acids is 1. The van der Waals surface area contributed by atoms with Crippen LogP contribution in [0.4, 0.5) is 4.39 Å². The van der Waals surface area contributed by atoms with Gasteiger partial charge in [-0.15, -0.1) is 0 Å². The van der Waals surface area contributed by atoms with Crippen LogP contribution in [0.2, 0.25) is 5.02 Å². The lowest BCUT2D eigenvalue weighted by atomic mass is 9.82. The summed E-state index contributed by atoms with van der Waals surface area (Å²) in [5, 5.41) is 10.3. The Morgan fingerprint density at radius 2 is 1.97 bits per heavy atom. The first kappa shape index (κ1) is 20.3. The average molecular weight is 418 g/mol. The van der Waals surface area contributed by atoms with Crippen LogP contribution in [0, 0.1) is 5.82 Å². The van der Waals surface area contributed by atoms with E-state index in [0.29, 0.717) is 17.9 Å². The minimum Gasteiger partial charge on any atom is -0.394 e. The maximum absolute atomic E-state index is 13.3. The Balaban J connectivity index is 1.63. The molecule has 1 amide bonds. The molecule has 29 heavy (non-hydrogen) atoms. The zero-order valence-electron chi connectivity index (χ0n) is 16.3. The Kier molecular flexibility index (Phi) is 5.88. The Morgan fingerprint density at radius 3 is 2.66 bits per heavy atom. The summed E-state index contributed by atoms with van der Waals surface area (Å²) >= 11 is 6.12. The molecule has 2 atom stereocenters. The van der Waals surface area contributed by atoms with Crippen LogP contribution in [0.5, 0.6) is 0 Å². The van der Waals surface area contributed by atoms with Crippen molar-refractivity contribution in [3.8, 4) is 0 Å². The van der Waals surface area contributed by atoms with Crippen molar-refractivity contribution in [2.24, 2.45) is 0 Å². The maximum atomic E-state index is 13.3. The second kappa shape index (κ2) is 8.40. The molecule has 1 saturated heterocycles. The van der Waals surface area contributed by atoms with Crippen LogP contribution in [0.1, 0.15) is 41.1 Å². The number of benzene rings is 2. The molecule has 154 valence electrons. The van der Waals surface area contributed by atoms with E-state index < -0.39 is 5.82 Å². The van der Waals surface area contributed by atoms with Crippen molar-refractivity contribution in [2.75, 3.05) is 19.7 Å². The van der Waals surface area contributed by atoms with Gasteiger partial charge in [0.05, 0.1) is 25.1 Å². The molecule has 0 aromatic heterocycles. The summed E-state index contributed by atoms with van der Waals surface area (Å²) in [6.45, 7) is 3.61. The topological polar surface area (TPSA) is 64.6 Å². The van der Waals surface area contributed by atoms with Crippen molar-refractivity contribution < 1.29 is 14.3 Å². The predicted octanol–water partition coefficient (Wildman–Crippen LogP) is 2.72. The molecule has 2 heterocycles. The number of fused-ring (bicyclic) bond motifs is 1. The largest absolute Gasteiger partial charge is 0.394 e. The van der Waals surface area contributed by atoms with E-state index in [9.17, 15) is 14.3 Å². The highest BCUT2D eigenvalue weighted by Gasteiger charge is 2.36. The van der Waals surface area contributed by atoms with E-state index in [1.165, 1.54) is 23.3 Å². The van der Waals surface area contributed by atoms with E-state index >= 15 is 0 Å². The molecule has 3 N–H and O–H groups in total. The predicted molar refractivity (Wildman–Crippen MR) is 110 cm³/mol. The van der Waals surface area contributed by atoms with E-state index in [-0.39, 0.29) is 36.0 Å². The number of nitrogens with one attached hydrogen (secondary N) is 2. The Morgan fingerprint density at radius 1 is 1.24 bits per heavy atom. The lowest BCUT2D eigenvalue weighted by Crippen LogP contribution is -2.49. The minimum atomic E-state index is -0.428. The summed E-state index contributed by atoms with van der Waals surface area (Å²) in [4.78, 5) is 14.9. The van der Waals surface area contributed by atoms with Gasteiger partial charge in [0.1, 0.15) is 5.82 Å². The SMILES string of the molecule is C[C@H]1c2cccc(C3CNNC3)c2C[C@H](CO)N1C(=O)Cc1ccc(F)cc1Cl. The number of aliphatic hydroxyl groups is 1. The molecule has 5 nitrogen and oxygen atoms in total. The highest BCUT2D eigenvalue weighted by atomic mass is 35.5. The molecular weight excluding hydrogens is 393 g/mol. The normalized spacial score (nSPS) is 22.0. The summed E-state index contributed by atoms with van der Waals surface area (Å²) < 4.78 is 13.3. The lowest BCUT2D eigenvalue weighted by molar-refractivity contribution is -0.137. The van der Waals surface area contributed by atoms with Crippen LogP contribution in [0.3, 0.4) is 0 Å². The van der Waals surface area contributed by atoms with Gasteiger partial charge in [-0.05, 0) is 47.7 Å². The summed E-state index contributed by atoms with van der Waals surface area (Å²) in [7, 11) is 0. The van der Waals surface area contributed by atoms with Gasteiger partial charge in [-0.3, -0.25) is 15.6 Å². The molecule has 1 fully saturated rings. The van der Waals surface area contributed by atoms with Gasteiger partial charge in [-0.1, -0.05) is 35.9 Å². The van der Waals surface area contributed by atoms with Gasteiger partial charge in [0.15, 0.2) is 0 Å². The number of hydrazine groups is 1. The summed E-state index contributed by atoms with van der Waals surface area (Å²) in [6.07, 6.45) is 0.692. The first-order valence-corrected chi connectivity index (χ1v) is 10.3. The van der Waals surface area contributed by atoms with Crippen molar-refractivity contribution in [1.82, 2.24) is 15.8 Å². The maximum Gasteiger partial charge on any atom is 0.227 e. The van der Waals surface area contributed by atoms with Crippen LogP contribution in [0.15, 0.2) is 36.4 Å². The number of hydrogen-bond acceptors (Lipinski definition) is 4. The van der Waals surface area contributed by atoms with Crippen molar-refractivity contribution in [3.05, 3.63) is 69.5 Å². The van der Waals surface area contributed by atoms with Crippen molar-refractivity contribution in [2.45, 2.75) is 37.8 Å². The second-order valence-corrected chi connectivity index (χ2v) is 8.21. The monoisotopic (exact) mass is 417 g/mol. The van der Waals surface area contributed by atoms with E-state index in [1.54, 1.807) is 11.0 Å². The van der Waals surface area contributed by atoms with Gasteiger partial charge in [-0.2, -0.15) is 0 Å². The van der Waals surface area contributed by atoms with Crippen LogP contribution in [0.25, 0.3) is 0 Å². The highest BCUT2D eigenvalue weighted by Crippen LogP contribution is 2.37. The first-order chi connectivity index (χ1) is 14.0. The number of halogens is 2. The number of aliphatic hydroxyl groups excluding tert-OH is 1. The first-order valence-electron chi connectivity index (χ1n) is 9.93. The van der Waals surface area contributed by atoms with Gasteiger partial charge in [-0.25, -0.2) is 4.39 Å². The summed E-state index contributed by atoms with van der Waals surface area (Å²) in [5.74, 6) is -0.176. The highest BCUT2D eigenvalue weighted by molar-refractivity contribution is 6.31. The van der Waals surface area contributed by atoms with E-state index in [1.807, 2.05) is 13.0 Å². The molecule has 0 saturated carbocycles. The molecule has 0 aliphatic carbocycles. The Hall–Kier alpha value is -1.99. The minimum absolute atomic E-state index is 0.0748. The third kappa shape index (κ3) is 3.90. The van der Waals surface area contributed by atoms with E-state index in [0.717, 1.165) is 18.7 Å². The fourth-order valence-electron chi connectivity index (χ4n) is 4.61. The number of amides is 1. The standard InChI is InChI=1S/C22H25ClFN3O2/c1-13-18-3-2-4-19(15-10-25-26-11-15)20(18)9-17(12-28)27(13)22(29)7-14-5-6-16(24)8-21(14)23/h2-6,8,13,15,17,25-26,28H,7,9-12H2,1H3/t13-,17+/m0/s1. The smallest absolute Gasteiger partial charge is 0.227 e. The molecule has 0 spiro atoms. The third-order valence-corrected chi connectivity index (χ3v) is 6.42. The fourth-order valence-corrected chi connectivity index (χ4v) is 4.84. The van der Waals surface area contributed by atoms with Gasteiger partial charge in [0.25, 0.3) is 0 Å². The van der Waals surface area contributed by atoms with Gasteiger partial charge in [0, 0.05) is 24.0 Å². The van der Waals surface area contributed by atoms with Gasteiger partial charge in [0.2, 0.25) is 5.91 Å². The third-order valence-electron chi connectivity index (χ3n) is 6.07. The number of nitrogens with zero attached hydrogens (tertiary/aromatic N) is 1. The Bertz CT molecular complexity index is 917. The molecule has 2 aromatic rings. The van der Waals surface area contributed by atoms with Crippen LogP contribution in [-0.2, 0) is 17.6 Å². The second-order valence-electron chi connectivity index (χ2n) is 7.80. The summed E-state index contributed by atoms with van der Waals surface area (Å²) in [5.41, 5.74) is 10.6.